The highest BCUT2D eigenvalue weighted by Gasteiger charge is 2.10. The maximum Gasteiger partial charge on any atom is 0.267 e. The van der Waals surface area contributed by atoms with Crippen molar-refractivity contribution in [2.24, 2.45) is 0 Å². The predicted molar refractivity (Wildman–Crippen MR) is 133 cm³/mol. The van der Waals surface area contributed by atoms with Gasteiger partial charge < -0.3 is 0 Å². The molecule has 0 aromatic carbocycles. The Morgan fingerprint density at radius 3 is 1.10 bits per heavy atom. The van der Waals surface area contributed by atoms with E-state index in [-0.39, 0.29) is 5.75 Å². The van der Waals surface area contributed by atoms with Crippen LogP contribution in [0.4, 0.5) is 0 Å². The van der Waals surface area contributed by atoms with Gasteiger partial charge in [0.2, 0.25) is 0 Å². The lowest BCUT2D eigenvalue weighted by molar-refractivity contribution is 0.305. The highest BCUT2D eigenvalue weighted by molar-refractivity contribution is 7.86. The summed E-state index contributed by atoms with van der Waals surface area (Å²) in [5.41, 5.74) is 0. The minimum absolute atomic E-state index is 0.196. The van der Waals surface area contributed by atoms with Gasteiger partial charge in [0.1, 0.15) is 0 Å². The molecule has 0 aromatic rings. The fourth-order valence-electron chi connectivity index (χ4n) is 3.95. The van der Waals surface area contributed by atoms with Crippen LogP contribution < -0.4 is 0 Å². The Bertz CT molecular complexity index is 420. The summed E-state index contributed by atoms with van der Waals surface area (Å²) in [5, 5.41) is 0. The fourth-order valence-corrected chi connectivity index (χ4v) is 5.00. The Balaban J connectivity index is 3.32. The zero-order valence-corrected chi connectivity index (χ0v) is 21.4. The number of unbranched alkanes of at least 4 members (excludes halogenated alkanes) is 20. The van der Waals surface area contributed by atoms with Gasteiger partial charge in [-0.15, -0.1) is 0 Å². The minimum Gasteiger partial charge on any atom is -0.270 e. The van der Waals surface area contributed by atoms with Crippen LogP contribution in [0.25, 0.3) is 0 Å². The van der Waals surface area contributed by atoms with E-state index in [4.69, 9.17) is 4.18 Å². The van der Waals surface area contributed by atoms with Gasteiger partial charge in [0, 0.05) is 0 Å². The SMILES string of the molecule is CCCCCCCCCCCCCOS(=O)(=O)CCCCCCCCCCCCC. The third-order valence-corrected chi connectivity index (χ3v) is 7.32. The first-order chi connectivity index (χ1) is 14.6. The summed E-state index contributed by atoms with van der Waals surface area (Å²) in [5.74, 6) is 0.196. The Labute approximate surface area is 190 Å². The summed E-state index contributed by atoms with van der Waals surface area (Å²) in [7, 11) is -3.30. The second-order valence-electron chi connectivity index (χ2n) is 9.15. The summed E-state index contributed by atoms with van der Waals surface area (Å²) >= 11 is 0. The molecule has 0 atom stereocenters. The van der Waals surface area contributed by atoms with Crippen LogP contribution in [0.5, 0.6) is 0 Å². The average Bonchev–Trinajstić information content (AvgIpc) is 2.72. The minimum atomic E-state index is -3.30. The summed E-state index contributed by atoms with van der Waals surface area (Å²) in [6, 6.07) is 0. The van der Waals surface area contributed by atoms with Gasteiger partial charge in [-0.2, -0.15) is 8.42 Å². The molecule has 0 heterocycles. The third kappa shape index (κ3) is 24.2. The van der Waals surface area contributed by atoms with E-state index in [9.17, 15) is 8.42 Å². The molecule has 3 nitrogen and oxygen atoms in total. The van der Waals surface area contributed by atoms with Gasteiger partial charge >= 0.3 is 0 Å². The first-order valence-electron chi connectivity index (χ1n) is 13.5. The molecule has 0 rings (SSSR count). The van der Waals surface area contributed by atoms with Crippen LogP contribution in [0.2, 0.25) is 0 Å². The zero-order valence-electron chi connectivity index (χ0n) is 20.6. The molecule has 182 valence electrons. The van der Waals surface area contributed by atoms with Crippen molar-refractivity contribution in [2.75, 3.05) is 12.4 Å². The van der Waals surface area contributed by atoms with Crippen LogP contribution in [-0.2, 0) is 14.3 Å². The van der Waals surface area contributed by atoms with Crippen molar-refractivity contribution in [1.82, 2.24) is 0 Å². The lowest BCUT2D eigenvalue weighted by Gasteiger charge is -2.06. The molecule has 4 heteroatoms. The molecule has 0 aliphatic rings. The highest BCUT2D eigenvalue weighted by atomic mass is 32.2. The predicted octanol–water partition coefficient (Wildman–Crippen LogP) is 8.95. The number of hydrogen-bond acceptors (Lipinski definition) is 3. The zero-order chi connectivity index (χ0) is 22.2. The van der Waals surface area contributed by atoms with E-state index in [1.165, 1.54) is 109 Å². The first-order valence-corrected chi connectivity index (χ1v) is 15.1. The van der Waals surface area contributed by atoms with E-state index < -0.39 is 10.1 Å². The van der Waals surface area contributed by atoms with Crippen LogP contribution in [0.15, 0.2) is 0 Å². The molecule has 0 aliphatic carbocycles. The standard InChI is InChI=1S/C26H54O3S/c1-3-5-7-9-11-13-15-17-19-21-23-25-29-30(27,28)26-24-22-20-18-16-14-12-10-8-6-4-2/h3-26H2,1-2H3. The molecule has 0 unspecified atom stereocenters. The van der Waals surface area contributed by atoms with Gasteiger partial charge in [0.25, 0.3) is 10.1 Å². The molecule has 0 aliphatic heterocycles. The van der Waals surface area contributed by atoms with Crippen molar-refractivity contribution in [1.29, 1.82) is 0 Å². The molecular formula is C26H54O3S. The van der Waals surface area contributed by atoms with Crippen LogP contribution in [-0.4, -0.2) is 20.8 Å². The first kappa shape index (κ1) is 29.9. The maximum absolute atomic E-state index is 12.0. The van der Waals surface area contributed by atoms with Gasteiger partial charge in [-0.25, -0.2) is 0 Å². The molecule has 30 heavy (non-hydrogen) atoms. The highest BCUT2D eigenvalue weighted by Crippen LogP contribution is 2.13. The van der Waals surface area contributed by atoms with E-state index >= 15 is 0 Å². The fraction of sp³-hybridized carbons (Fsp3) is 1.00. The quantitative estimate of drug-likeness (QED) is 0.104. The van der Waals surface area contributed by atoms with E-state index in [1.807, 2.05) is 0 Å². The Hall–Kier alpha value is -0.0900. The van der Waals surface area contributed by atoms with E-state index in [0.717, 1.165) is 32.1 Å². The Morgan fingerprint density at radius 1 is 0.433 bits per heavy atom. The van der Waals surface area contributed by atoms with Crippen molar-refractivity contribution in [2.45, 2.75) is 155 Å². The largest absolute Gasteiger partial charge is 0.270 e. The Morgan fingerprint density at radius 2 is 0.733 bits per heavy atom. The molecule has 0 aromatic heterocycles. The molecule has 0 fully saturated rings. The topological polar surface area (TPSA) is 43.4 Å². The van der Waals surface area contributed by atoms with Crippen LogP contribution >= 0.6 is 0 Å². The summed E-state index contributed by atoms with van der Waals surface area (Å²) in [4.78, 5) is 0. The second kappa shape index (κ2) is 23.6. The van der Waals surface area contributed by atoms with Crippen molar-refractivity contribution in [3.8, 4) is 0 Å². The maximum atomic E-state index is 12.0. The molecular weight excluding hydrogens is 392 g/mol. The van der Waals surface area contributed by atoms with Crippen molar-refractivity contribution in [3.63, 3.8) is 0 Å². The van der Waals surface area contributed by atoms with E-state index in [0.29, 0.717) is 6.61 Å². The molecule has 0 spiro atoms. The van der Waals surface area contributed by atoms with E-state index in [1.54, 1.807) is 0 Å². The van der Waals surface area contributed by atoms with Crippen LogP contribution in [0, 0.1) is 0 Å². The molecule has 0 saturated carbocycles. The molecule has 0 amide bonds. The van der Waals surface area contributed by atoms with Crippen molar-refractivity contribution in [3.05, 3.63) is 0 Å². The van der Waals surface area contributed by atoms with Crippen molar-refractivity contribution >= 4 is 10.1 Å². The van der Waals surface area contributed by atoms with Gasteiger partial charge in [-0.05, 0) is 12.8 Å². The normalized spacial score (nSPS) is 11.9. The van der Waals surface area contributed by atoms with Gasteiger partial charge in [0.05, 0.1) is 12.4 Å². The number of hydrogen-bond donors (Lipinski definition) is 0. The van der Waals surface area contributed by atoms with Gasteiger partial charge in [-0.1, -0.05) is 142 Å². The summed E-state index contributed by atoms with van der Waals surface area (Å²) in [6.45, 7) is 4.88. The second-order valence-corrected chi connectivity index (χ2v) is 10.9. The monoisotopic (exact) mass is 446 g/mol. The summed E-state index contributed by atoms with van der Waals surface area (Å²) < 4.78 is 29.1. The summed E-state index contributed by atoms with van der Waals surface area (Å²) in [6.07, 6.45) is 27.6. The number of rotatable bonds is 25. The van der Waals surface area contributed by atoms with Gasteiger partial charge in [-0.3, -0.25) is 4.18 Å². The lowest BCUT2D eigenvalue weighted by atomic mass is 10.1. The lowest BCUT2D eigenvalue weighted by Crippen LogP contribution is -2.11. The Kier molecular flexibility index (Phi) is 23.5. The van der Waals surface area contributed by atoms with Crippen LogP contribution in [0.3, 0.4) is 0 Å². The average molecular weight is 447 g/mol. The van der Waals surface area contributed by atoms with Crippen molar-refractivity contribution < 1.29 is 12.6 Å². The molecule has 0 bridgehead atoms. The third-order valence-electron chi connectivity index (χ3n) is 6.01. The molecule has 0 N–H and O–H groups in total. The molecule has 0 saturated heterocycles. The van der Waals surface area contributed by atoms with Crippen LogP contribution in [0.1, 0.15) is 155 Å². The van der Waals surface area contributed by atoms with Gasteiger partial charge in [0.15, 0.2) is 0 Å². The smallest absolute Gasteiger partial charge is 0.267 e. The van der Waals surface area contributed by atoms with E-state index in [2.05, 4.69) is 13.8 Å². The molecule has 0 radical (unpaired) electrons.